The van der Waals surface area contributed by atoms with Crippen LogP contribution in [0.25, 0.3) is 22.1 Å². The number of nitrogens with one attached hydrogen (secondary N) is 1. The Morgan fingerprint density at radius 2 is 2.05 bits per heavy atom. The summed E-state index contributed by atoms with van der Waals surface area (Å²) in [6.07, 6.45) is 2.38. The minimum absolute atomic E-state index is 0.278. The lowest BCUT2D eigenvalue weighted by atomic mass is 10.0. The Labute approximate surface area is 127 Å². The van der Waals surface area contributed by atoms with Gasteiger partial charge in [-0.2, -0.15) is 4.98 Å². The number of rotatable bonds is 4. The predicted molar refractivity (Wildman–Crippen MR) is 87.6 cm³/mol. The molecule has 0 saturated carbocycles. The van der Waals surface area contributed by atoms with Gasteiger partial charge in [-0.25, -0.2) is 4.79 Å². The monoisotopic (exact) mass is 298 g/mol. The first-order chi connectivity index (χ1) is 10.6. The number of aryl methyl sites for hydroxylation is 2. The van der Waals surface area contributed by atoms with Crippen LogP contribution in [-0.4, -0.2) is 11.5 Å². The van der Waals surface area contributed by atoms with Crippen LogP contribution in [0, 0.1) is 13.8 Å². The Morgan fingerprint density at radius 1 is 1.27 bits per heavy atom. The number of anilines is 1. The van der Waals surface area contributed by atoms with Gasteiger partial charge in [0, 0.05) is 23.1 Å². The van der Waals surface area contributed by atoms with Crippen LogP contribution in [-0.2, 0) is 6.42 Å². The Kier molecular flexibility index (Phi) is 3.48. The minimum Gasteiger partial charge on any atom is -0.423 e. The minimum atomic E-state index is -0.278. The third-order valence-corrected chi connectivity index (χ3v) is 3.91. The van der Waals surface area contributed by atoms with Crippen LogP contribution in [0.4, 0.5) is 6.01 Å². The van der Waals surface area contributed by atoms with Crippen molar-refractivity contribution in [2.45, 2.75) is 27.2 Å². The zero-order chi connectivity index (χ0) is 15.9. The highest BCUT2D eigenvalue weighted by Crippen LogP contribution is 2.31. The van der Waals surface area contributed by atoms with E-state index < -0.39 is 0 Å². The van der Waals surface area contributed by atoms with Gasteiger partial charge in [-0.05, 0) is 31.9 Å². The maximum atomic E-state index is 12.1. The van der Waals surface area contributed by atoms with Crippen molar-refractivity contribution < 1.29 is 8.83 Å². The molecule has 1 aromatic carbocycles. The van der Waals surface area contributed by atoms with Crippen LogP contribution in [0.15, 0.2) is 32.4 Å². The van der Waals surface area contributed by atoms with Crippen LogP contribution in [0.3, 0.4) is 0 Å². The first kappa shape index (κ1) is 14.4. The molecule has 3 rings (SSSR count). The molecule has 2 heterocycles. The van der Waals surface area contributed by atoms with E-state index in [1.807, 2.05) is 26.8 Å². The Bertz CT molecular complexity index is 935. The summed E-state index contributed by atoms with van der Waals surface area (Å²) >= 11 is 0. The Balaban J connectivity index is 2.33. The fourth-order valence-corrected chi connectivity index (χ4v) is 2.73. The van der Waals surface area contributed by atoms with Gasteiger partial charge in [-0.15, -0.1) is 6.58 Å². The number of aromatic nitrogens is 1. The van der Waals surface area contributed by atoms with Crippen molar-refractivity contribution in [3.8, 4) is 0 Å². The molecule has 22 heavy (non-hydrogen) atoms. The molecule has 0 radical (unpaired) electrons. The molecule has 3 aromatic rings. The molecule has 5 heteroatoms. The number of fused-ring (bicyclic) bond motifs is 2. The van der Waals surface area contributed by atoms with Crippen molar-refractivity contribution in [1.29, 1.82) is 0 Å². The van der Waals surface area contributed by atoms with Gasteiger partial charge in [0.2, 0.25) is 0 Å². The van der Waals surface area contributed by atoms with Gasteiger partial charge in [0.15, 0.2) is 5.58 Å². The summed E-state index contributed by atoms with van der Waals surface area (Å²) in [4.78, 5) is 16.5. The second-order valence-corrected chi connectivity index (χ2v) is 5.26. The van der Waals surface area contributed by atoms with E-state index in [1.165, 1.54) is 0 Å². The van der Waals surface area contributed by atoms with Crippen LogP contribution < -0.4 is 10.9 Å². The zero-order valence-corrected chi connectivity index (χ0v) is 12.9. The maximum absolute atomic E-state index is 12.1. The maximum Gasteiger partial charge on any atom is 0.339 e. The van der Waals surface area contributed by atoms with E-state index in [0.717, 1.165) is 22.0 Å². The fraction of sp³-hybridized carbons (Fsp3) is 0.294. The van der Waals surface area contributed by atoms with Gasteiger partial charge < -0.3 is 14.2 Å². The average Bonchev–Trinajstić information content (AvgIpc) is 2.90. The average molecular weight is 298 g/mol. The normalized spacial score (nSPS) is 11.2. The molecule has 0 aliphatic heterocycles. The first-order valence-corrected chi connectivity index (χ1v) is 7.28. The molecule has 5 nitrogen and oxygen atoms in total. The molecule has 0 amide bonds. The molecule has 1 N–H and O–H groups in total. The van der Waals surface area contributed by atoms with Gasteiger partial charge in [0.25, 0.3) is 6.01 Å². The van der Waals surface area contributed by atoms with Gasteiger partial charge >= 0.3 is 5.63 Å². The SMILES string of the molecule is C=CCNc1nc2cc3c(C)c(CC)c(=O)oc3c(C)c2o1. The predicted octanol–water partition coefficient (Wildman–Crippen LogP) is 3.71. The first-order valence-electron chi connectivity index (χ1n) is 7.28. The lowest BCUT2D eigenvalue weighted by Crippen LogP contribution is -2.09. The molecule has 0 fully saturated rings. The highest BCUT2D eigenvalue weighted by molar-refractivity contribution is 5.97. The number of hydrogen-bond acceptors (Lipinski definition) is 5. The van der Waals surface area contributed by atoms with Gasteiger partial charge in [0.1, 0.15) is 11.1 Å². The summed E-state index contributed by atoms with van der Waals surface area (Å²) in [6.45, 7) is 9.99. The van der Waals surface area contributed by atoms with E-state index in [0.29, 0.717) is 35.7 Å². The van der Waals surface area contributed by atoms with Crippen molar-refractivity contribution in [3.05, 3.63) is 45.8 Å². The molecule has 0 atom stereocenters. The van der Waals surface area contributed by atoms with Gasteiger partial charge in [-0.1, -0.05) is 13.0 Å². The summed E-state index contributed by atoms with van der Waals surface area (Å²) < 4.78 is 11.2. The van der Waals surface area contributed by atoms with E-state index >= 15 is 0 Å². The molecular formula is C17H18N2O3. The molecule has 0 aliphatic rings. The number of hydrogen-bond donors (Lipinski definition) is 1. The topological polar surface area (TPSA) is 68.3 Å². The lowest BCUT2D eigenvalue weighted by Gasteiger charge is -2.07. The molecule has 0 unspecified atom stereocenters. The molecule has 2 aromatic heterocycles. The molecule has 0 bridgehead atoms. The second-order valence-electron chi connectivity index (χ2n) is 5.26. The quantitative estimate of drug-likeness (QED) is 0.587. The van der Waals surface area contributed by atoms with Crippen molar-refractivity contribution in [3.63, 3.8) is 0 Å². The van der Waals surface area contributed by atoms with Crippen molar-refractivity contribution >= 4 is 28.1 Å². The standard InChI is InChI=1S/C17H18N2O3/c1-5-7-18-17-19-13-8-12-9(3)11(6-2)16(20)21-14(12)10(4)15(13)22-17/h5,8H,1,6-7H2,2-4H3,(H,18,19). The smallest absolute Gasteiger partial charge is 0.339 e. The Morgan fingerprint density at radius 3 is 2.73 bits per heavy atom. The summed E-state index contributed by atoms with van der Waals surface area (Å²) in [5, 5.41) is 3.93. The van der Waals surface area contributed by atoms with Gasteiger partial charge in [-0.3, -0.25) is 0 Å². The number of nitrogens with zero attached hydrogens (tertiary/aromatic N) is 1. The van der Waals surface area contributed by atoms with Crippen LogP contribution in [0.1, 0.15) is 23.6 Å². The number of oxazole rings is 1. The Hall–Kier alpha value is -2.56. The summed E-state index contributed by atoms with van der Waals surface area (Å²) in [7, 11) is 0. The van der Waals surface area contributed by atoms with E-state index in [2.05, 4.69) is 16.9 Å². The van der Waals surface area contributed by atoms with Crippen molar-refractivity contribution in [2.24, 2.45) is 0 Å². The van der Waals surface area contributed by atoms with Crippen LogP contribution >= 0.6 is 0 Å². The van der Waals surface area contributed by atoms with E-state index in [4.69, 9.17) is 8.83 Å². The molecular weight excluding hydrogens is 280 g/mol. The summed E-state index contributed by atoms with van der Waals surface area (Å²) in [5.41, 5.74) is 4.11. The summed E-state index contributed by atoms with van der Waals surface area (Å²) in [6, 6.07) is 2.35. The van der Waals surface area contributed by atoms with E-state index in [1.54, 1.807) is 6.08 Å². The van der Waals surface area contributed by atoms with E-state index in [9.17, 15) is 4.79 Å². The molecule has 0 saturated heterocycles. The molecule has 0 aliphatic carbocycles. The van der Waals surface area contributed by atoms with Crippen molar-refractivity contribution in [1.82, 2.24) is 4.98 Å². The van der Waals surface area contributed by atoms with E-state index in [-0.39, 0.29) is 5.63 Å². The summed E-state index contributed by atoms with van der Waals surface area (Å²) in [5.74, 6) is 0. The highest BCUT2D eigenvalue weighted by Gasteiger charge is 2.17. The second kappa shape index (κ2) is 5.33. The third-order valence-electron chi connectivity index (χ3n) is 3.91. The molecule has 0 spiro atoms. The highest BCUT2D eigenvalue weighted by atomic mass is 16.4. The number of benzene rings is 1. The van der Waals surface area contributed by atoms with Crippen molar-refractivity contribution in [2.75, 3.05) is 11.9 Å². The zero-order valence-electron chi connectivity index (χ0n) is 12.9. The molecule has 114 valence electrons. The largest absolute Gasteiger partial charge is 0.423 e. The van der Waals surface area contributed by atoms with Gasteiger partial charge in [0.05, 0.1) is 0 Å². The lowest BCUT2D eigenvalue weighted by molar-refractivity contribution is 0.546. The fourth-order valence-electron chi connectivity index (χ4n) is 2.73. The third kappa shape index (κ3) is 2.09. The van der Waals surface area contributed by atoms with Crippen LogP contribution in [0.5, 0.6) is 0 Å². The van der Waals surface area contributed by atoms with Crippen LogP contribution in [0.2, 0.25) is 0 Å².